The monoisotopic (exact) mass is 460 g/mol. The van der Waals surface area contributed by atoms with E-state index in [4.69, 9.17) is 27.9 Å². The zero-order valence-corrected chi connectivity index (χ0v) is 23.5. The van der Waals surface area contributed by atoms with Gasteiger partial charge in [0.1, 0.15) is 0 Å². The average Bonchev–Trinajstić information content (AvgIpc) is 2.58. The van der Waals surface area contributed by atoms with Gasteiger partial charge in [-0.25, -0.2) is 0 Å². The SMILES string of the molecule is CC(C)(C)OB(OC(C)(C)C)OC(C)(C)C.CCCCOB(OCCCC)OCCCC. The predicted octanol–water partition coefficient (Wildman–Crippen LogP) is 6.84. The maximum Gasteiger partial charge on any atom is 0.640 e. The maximum atomic E-state index is 5.75. The molecule has 0 aromatic carbocycles. The van der Waals surface area contributed by atoms with Crippen molar-refractivity contribution in [1.82, 2.24) is 0 Å². The lowest BCUT2D eigenvalue weighted by Gasteiger charge is -2.33. The minimum atomic E-state index is -0.639. The second-order valence-corrected chi connectivity index (χ2v) is 10.9. The van der Waals surface area contributed by atoms with Crippen LogP contribution in [0.1, 0.15) is 122 Å². The van der Waals surface area contributed by atoms with Crippen molar-refractivity contribution in [3.8, 4) is 0 Å². The topological polar surface area (TPSA) is 55.4 Å². The fraction of sp³-hybridized carbons (Fsp3) is 1.00. The molecule has 0 fully saturated rings. The van der Waals surface area contributed by atoms with E-state index in [0.29, 0.717) is 0 Å². The van der Waals surface area contributed by atoms with E-state index in [1.165, 1.54) is 0 Å². The van der Waals surface area contributed by atoms with Gasteiger partial charge >= 0.3 is 14.6 Å². The van der Waals surface area contributed by atoms with Gasteiger partial charge in [0.2, 0.25) is 0 Å². The van der Waals surface area contributed by atoms with Gasteiger partial charge in [0.15, 0.2) is 0 Å². The number of hydrogen-bond donors (Lipinski definition) is 0. The molecule has 0 aromatic rings. The summed E-state index contributed by atoms with van der Waals surface area (Å²) in [5.41, 5.74) is -0.872. The molecule has 8 heteroatoms. The van der Waals surface area contributed by atoms with Crippen molar-refractivity contribution in [3.63, 3.8) is 0 Å². The molecule has 0 saturated carbocycles. The van der Waals surface area contributed by atoms with Gasteiger partial charge in [-0.3, -0.25) is 0 Å². The van der Waals surface area contributed by atoms with Crippen LogP contribution in [0.25, 0.3) is 0 Å². The Labute approximate surface area is 201 Å². The predicted molar refractivity (Wildman–Crippen MR) is 137 cm³/mol. The molecule has 0 rings (SSSR count). The van der Waals surface area contributed by atoms with E-state index in [1.54, 1.807) is 0 Å². The minimum absolute atomic E-state index is 0.291. The molecule has 0 heterocycles. The Morgan fingerprint density at radius 3 is 0.875 bits per heavy atom. The average molecular weight is 460 g/mol. The molecule has 0 aliphatic heterocycles. The number of unbranched alkanes of at least 4 members (excludes halogenated alkanes) is 3. The normalized spacial score (nSPS) is 12.4. The molecule has 32 heavy (non-hydrogen) atoms. The molecular formula is C24H54B2O6. The van der Waals surface area contributed by atoms with Gasteiger partial charge in [-0.2, -0.15) is 0 Å². The van der Waals surface area contributed by atoms with Gasteiger partial charge in [-0.15, -0.1) is 0 Å². The Kier molecular flexibility index (Phi) is 19.4. The van der Waals surface area contributed by atoms with Crippen LogP contribution in [0.2, 0.25) is 0 Å². The first-order valence-corrected chi connectivity index (χ1v) is 12.5. The summed E-state index contributed by atoms with van der Waals surface area (Å²) < 4.78 is 33.8. The van der Waals surface area contributed by atoms with E-state index in [0.717, 1.165) is 58.3 Å². The highest BCUT2D eigenvalue weighted by Gasteiger charge is 2.35. The van der Waals surface area contributed by atoms with Crippen LogP contribution in [-0.2, 0) is 27.9 Å². The van der Waals surface area contributed by atoms with E-state index in [-0.39, 0.29) is 16.8 Å². The molecule has 6 nitrogen and oxygen atoms in total. The van der Waals surface area contributed by atoms with Crippen molar-refractivity contribution in [3.05, 3.63) is 0 Å². The van der Waals surface area contributed by atoms with Crippen molar-refractivity contribution in [2.75, 3.05) is 19.8 Å². The third-order valence-electron chi connectivity index (χ3n) is 3.60. The standard InChI is InChI=1S/2C12H27BO3/c1-10(2,3)14-13(15-11(4,5)6)16-12(7,8)9;1-4-7-10-14-13(15-11-8-5-2)16-12-9-6-3/h1-9H3;4-12H2,1-3H3. The third kappa shape index (κ3) is 27.9. The largest absolute Gasteiger partial charge is 0.640 e. The number of rotatable bonds is 15. The molecule has 0 aliphatic carbocycles. The molecular weight excluding hydrogens is 406 g/mol. The molecule has 0 unspecified atom stereocenters. The van der Waals surface area contributed by atoms with E-state index < -0.39 is 14.6 Å². The van der Waals surface area contributed by atoms with E-state index in [2.05, 4.69) is 20.8 Å². The maximum absolute atomic E-state index is 5.75. The van der Waals surface area contributed by atoms with Crippen LogP contribution in [0.4, 0.5) is 0 Å². The fourth-order valence-corrected chi connectivity index (χ4v) is 2.05. The van der Waals surface area contributed by atoms with Crippen molar-refractivity contribution in [2.24, 2.45) is 0 Å². The summed E-state index contributed by atoms with van der Waals surface area (Å²) in [6, 6.07) is 0. The van der Waals surface area contributed by atoms with Crippen molar-refractivity contribution >= 4 is 14.6 Å². The second kappa shape index (κ2) is 18.2. The summed E-state index contributed by atoms with van der Waals surface area (Å²) >= 11 is 0. The molecule has 0 radical (unpaired) electrons. The zero-order valence-electron chi connectivity index (χ0n) is 23.5. The Morgan fingerprint density at radius 2 is 0.688 bits per heavy atom. The first kappa shape index (κ1) is 34.1. The molecule has 192 valence electrons. The third-order valence-corrected chi connectivity index (χ3v) is 3.60. The second-order valence-electron chi connectivity index (χ2n) is 10.9. The fourth-order valence-electron chi connectivity index (χ4n) is 2.05. The summed E-state index contributed by atoms with van der Waals surface area (Å²) in [5, 5.41) is 0. The van der Waals surface area contributed by atoms with Crippen molar-refractivity contribution in [2.45, 2.75) is 138 Å². The Balaban J connectivity index is 0. The van der Waals surface area contributed by atoms with Gasteiger partial charge in [0, 0.05) is 36.6 Å². The summed E-state index contributed by atoms with van der Waals surface area (Å²) in [7, 11) is -1.09. The summed E-state index contributed by atoms with van der Waals surface area (Å²) in [6.45, 7) is 26.5. The quantitative estimate of drug-likeness (QED) is 0.197. The van der Waals surface area contributed by atoms with Crippen molar-refractivity contribution in [1.29, 1.82) is 0 Å². The van der Waals surface area contributed by atoms with Crippen LogP contribution in [0.5, 0.6) is 0 Å². The van der Waals surface area contributed by atoms with Crippen LogP contribution in [-0.4, -0.2) is 51.3 Å². The lowest BCUT2D eigenvalue weighted by Crippen LogP contribution is -2.44. The smallest absolute Gasteiger partial charge is 0.386 e. The molecule has 0 spiro atoms. The first-order chi connectivity index (χ1) is 14.6. The molecule has 0 bridgehead atoms. The van der Waals surface area contributed by atoms with Crippen LogP contribution >= 0.6 is 0 Å². The van der Waals surface area contributed by atoms with Gasteiger partial charge in [-0.1, -0.05) is 40.0 Å². The lowest BCUT2D eigenvalue weighted by molar-refractivity contribution is -0.0503. The Bertz CT molecular complexity index is 354. The summed E-state index contributed by atoms with van der Waals surface area (Å²) in [6.07, 6.45) is 6.59. The Hall–Kier alpha value is -0.110. The summed E-state index contributed by atoms with van der Waals surface area (Å²) in [4.78, 5) is 0. The van der Waals surface area contributed by atoms with E-state index >= 15 is 0 Å². The highest BCUT2D eigenvalue weighted by molar-refractivity contribution is 6.37. The number of hydrogen-bond acceptors (Lipinski definition) is 6. The molecule has 0 aliphatic rings. The van der Waals surface area contributed by atoms with Crippen LogP contribution in [0.3, 0.4) is 0 Å². The van der Waals surface area contributed by atoms with Crippen LogP contribution in [0.15, 0.2) is 0 Å². The first-order valence-electron chi connectivity index (χ1n) is 12.5. The van der Waals surface area contributed by atoms with Gasteiger partial charge in [0.05, 0.1) is 0 Å². The van der Waals surface area contributed by atoms with E-state index in [1.807, 2.05) is 62.3 Å². The molecule has 0 amide bonds. The van der Waals surface area contributed by atoms with E-state index in [9.17, 15) is 0 Å². The summed E-state index contributed by atoms with van der Waals surface area (Å²) in [5.74, 6) is 0. The highest BCUT2D eigenvalue weighted by atomic mass is 16.8. The lowest BCUT2D eigenvalue weighted by atomic mass is 10.0. The molecule has 0 aromatic heterocycles. The van der Waals surface area contributed by atoms with Gasteiger partial charge in [-0.05, 0) is 81.6 Å². The van der Waals surface area contributed by atoms with Crippen LogP contribution < -0.4 is 0 Å². The van der Waals surface area contributed by atoms with Gasteiger partial charge < -0.3 is 27.9 Å². The molecule has 0 saturated heterocycles. The Morgan fingerprint density at radius 1 is 0.438 bits per heavy atom. The van der Waals surface area contributed by atoms with Crippen LogP contribution in [0, 0.1) is 0 Å². The minimum Gasteiger partial charge on any atom is -0.386 e. The highest BCUT2D eigenvalue weighted by Crippen LogP contribution is 2.20. The van der Waals surface area contributed by atoms with Gasteiger partial charge in [0.25, 0.3) is 0 Å². The molecule has 0 N–H and O–H groups in total. The molecule has 0 atom stereocenters. The zero-order chi connectivity index (χ0) is 25.3. The van der Waals surface area contributed by atoms with Crippen molar-refractivity contribution < 1.29 is 27.9 Å².